The molecule has 0 radical (unpaired) electrons. The van der Waals surface area contributed by atoms with Gasteiger partial charge < -0.3 is 39.0 Å². The van der Waals surface area contributed by atoms with Crippen molar-refractivity contribution in [2.24, 2.45) is 11.3 Å². The average Bonchev–Trinajstić information content (AvgIpc) is 4.00. The fourth-order valence-electron chi connectivity index (χ4n) is 14.2. The maximum absolute atomic E-state index is 15.6. The Hall–Kier alpha value is -5.54. The van der Waals surface area contributed by atoms with E-state index in [4.69, 9.17) is 18.9 Å². The molecule has 10 rings (SSSR count). The number of hydrogen-bond donors (Lipinski definition) is 3. The van der Waals surface area contributed by atoms with Crippen LogP contribution in [-0.2, 0) is 50.6 Å². The molecule has 1 spiro atoms. The molecule has 10 atom stereocenters. The molecule has 2 unspecified atom stereocenters. The second kappa shape index (κ2) is 15.8. The van der Waals surface area contributed by atoms with Crippen molar-refractivity contribution in [3.8, 4) is 16.9 Å². The normalized spacial score (nSPS) is 34.2. The van der Waals surface area contributed by atoms with Crippen molar-refractivity contribution in [3.63, 3.8) is 0 Å². The quantitative estimate of drug-likeness (QED) is 0.0872. The summed E-state index contributed by atoms with van der Waals surface area (Å²) in [6.07, 6.45) is 5.73. The molecule has 1 aliphatic carbocycles. The van der Waals surface area contributed by atoms with Crippen LogP contribution in [0.25, 0.3) is 22.0 Å². The van der Waals surface area contributed by atoms with Gasteiger partial charge in [-0.15, -0.1) is 0 Å². The van der Waals surface area contributed by atoms with Crippen LogP contribution < -0.4 is 9.64 Å². The molecule has 66 heavy (non-hydrogen) atoms. The SMILES string of the molecule is CCC1(O)C[C@H]2CN(CCc3c([nH]c4ccc(-c5ccccc5)cc34)[C@@](C(=O)OC)(c3cc4c(cc3OC)N(C=O)[C@H]3[C@@](O)(C(=O)OC)[C@H](OC(C)=O)[C@]5(CC)C=CCN6CC[C@]43[C@@H]65)C2)C1. The largest absolute Gasteiger partial charge is 0.496 e. The lowest BCUT2D eigenvalue weighted by atomic mass is 9.47. The third-order valence-corrected chi connectivity index (χ3v) is 16.7. The van der Waals surface area contributed by atoms with Crippen molar-refractivity contribution in [1.82, 2.24) is 14.8 Å². The highest BCUT2D eigenvalue weighted by Crippen LogP contribution is 2.68. The topological polar surface area (TPSA) is 171 Å². The number of H-pyrrole nitrogens is 1. The highest BCUT2D eigenvalue weighted by Gasteiger charge is 2.81. The molecule has 3 aromatic carbocycles. The number of methoxy groups -OCH3 is 3. The van der Waals surface area contributed by atoms with E-state index in [0.717, 1.165) is 27.6 Å². The number of carbonyl (C=O) groups excluding carboxylic acids is 4. The van der Waals surface area contributed by atoms with E-state index in [9.17, 15) is 24.6 Å². The average molecular weight is 901 g/mol. The van der Waals surface area contributed by atoms with Crippen molar-refractivity contribution in [2.75, 3.05) is 59.0 Å². The van der Waals surface area contributed by atoms with Gasteiger partial charge in [0, 0.05) is 78.2 Å². The van der Waals surface area contributed by atoms with Gasteiger partial charge in [-0.3, -0.25) is 24.2 Å². The summed E-state index contributed by atoms with van der Waals surface area (Å²) in [7, 11) is 4.11. The van der Waals surface area contributed by atoms with E-state index in [-0.39, 0.29) is 12.3 Å². The summed E-state index contributed by atoms with van der Waals surface area (Å²) in [5, 5.41) is 26.5. The van der Waals surface area contributed by atoms with Gasteiger partial charge in [0.15, 0.2) is 6.10 Å². The third-order valence-electron chi connectivity index (χ3n) is 16.7. The second-order valence-corrected chi connectivity index (χ2v) is 19.7. The van der Waals surface area contributed by atoms with E-state index >= 15 is 4.79 Å². The molecule has 2 saturated heterocycles. The van der Waals surface area contributed by atoms with E-state index in [1.54, 1.807) is 6.07 Å². The van der Waals surface area contributed by atoms with Crippen LogP contribution >= 0.6 is 0 Å². The summed E-state index contributed by atoms with van der Waals surface area (Å²) in [6.45, 7) is 8.09. The highest BCUT2D eigenvalue weighted by molar-refractivity contribution is 5.97. The van der Waals surface area contributed by atoms with E-state index < -0.39 is 63.5 Å². The lowest BCUT2D eigenvalue weighted by Gasteiger charge is -2.63. The predicted molar refractivity (Wildman–Crippen MR) is 246 cm³/mol. The van der Waals surface area contributed by atoms with Gasteiger partial charge in [-0.05, 0) is 91.4 Å². The molecule has 5 aliphatic heterocycles. The van der Waals surface area contributed by atoms with Gasteiger partial charge in [0.1, 0.15) is 11.2 Å². The number of piperidine rings is 1. The summed E-state index contributed by atoms with van der Waals surface area (Å²) in [6, 6.07) is 18.4. The number of esters is 3. The molecular formula is C52H60N4O10. The van der Waals surface area contributed by atoms with Crippen LogP contribution in [-0.4, -0.2) is 133 Å². The number of aliphatic hydroxyl groups is 2. The summed E-state index contributed by atoms with van der Waals surface area (Å²) < 4.78 is 23.9. The molecule has 2 bridgehead atoms. The molecule has 3 fully saturated rings. The summed E-state index contributed by atoms with van der Waals surface area (Å²) in [5.41, 5.74) is -1.28. The van der Waals surface area contributed by atoms with Crippen molar-refractivity contribution in [1.29, 1.82) is 0 Å². The zero-order chi connectivity index (χ0) is 46.6. The Morgan fingerprint density at radius 3 is 2.35 bits per heavy atom. The van der Waals surface area contributed by atoms with Gasteiger partial charge in [-0.25, -0.2) is 4.79 Å². The Balaban J connectivity index is 1.29. The number of anilines is 1. The number of benzene rings is 3. The van der Waals surface area contributed by atoms with Crippen molar-refractivity contribution >= 4 is 40.9 Å². The Kier molecular flexibility index (Phi) is 10.6. The summed E-state index contributed by atoms with van der Waals surface area (Å²) >= 11 is 0. The van der Waals surface area contributed by atoms with Gasteiger partial charge in [-0.1, -0.05) is 62.4 Å². The number of nitrogens with zero attached hydrogens (tertiary/aromatic N) is 3. The van der Waals surface area contributed by atoms with Crippen molar-refractivity contribution in [2.45, 2.75) is 99.5 Å². The van der Waals surface area contributed by atoms with Crippen LogP contribution in [0.2, 0.25) is 0 Å². The number of aromatic nitrogens is 1. The zero-order valence-corrected chi connectivity index (χ0v) is 38.6. The van der Waals surface area contributed by atoms with Crippen LogP contribution in [0.5, 0.6) is 5.75 Å². The second-order valence-electron chi connectivity index (χ2n) is 19.7. The first-order chi connectivity index (χ1) is 31.7. The Morgan fingerprint density at radius 1 is 0.894 bits per heavy atom. The van der Waals surface area contributed by atoms with Crippen LogP contribution in [0.1, 0.15) is 75.3 Å². The number of fused-ring (bicyclic) bond motifs is 6. The van der Waals surface area contributed by atoms with Crippen LogP contribution in [0.3, 0.4) is 0 Å². The summed E-state index contributed by atoms with van der Waals surface area (Å²) in [5.74, 6) is -2.12. The minimum Gasteiger partial charge on any atom is -0.496 e. The predicted octanol–water partition coefficient (Wildman–Crippen LogP) is 5.18. The molecule has 3 N–H and O–H groups in total. The molecule has 6 aliphatic rings. The maximum Gasteiger partial charge on any atom is 0.344 e. The minimum atomic E-state index is -2.55. The van der Waals surface area contributed by atoms with Crippen LogP contribution in [0.4, 0.5) is 5.69 Å². The van der Waals surface area contributed by atoms with Crippen LogP contribution in [0, 0.1) is 11.3 Å². The van der Waals surface area contributed by atoms with Crippen molar-refractivity contribution in [3.05, 3.63) is 95.2 Å². The molecular weight excluding hydrogens is 841 g/mol. The van der Waals surface area contributed by atoms with E-state index in [0.29, 0.717) is 99.5 Å². The monoisotopic (exact) mass is 900 g/mol. The van der Waals surface area contributed by atoms with E-state index in [1.807, 2.05) is 50.3 Å². The molecule has 1 aromatic heterocycles. The molecule has 348 valence electrons. The molecule has 4 aromatic rings. The first-order valence-corrected chi connectivity index (χ1v) is 23.3. The molecule has 14 heteroatoms. The van der Waals surface area contributed by atoms with Gasteiger partial charge in [0.2, 0.25) is 12.0 Å². The van der Waals surface area contributed by atoms with E-state index in [2.05, 4.69) is 45.1 Å². The molecule has 1 saturated carbocycles. The number of carbonyl (C=O) groups is 4. The number of aromatic amines is 1. The first kappa shape index (κ1) is 44.3. The van der Waals surface area contributed by atoms with Crippen molar-refractivity contribution < 1.29 is 48.3 Å². The number of nitrogens with one attached hydrogen (secondary N) is 1. The zero-order valence-electron chi connectivity index (χ0n) is 38.6. The van der Waals surface area contributed by atoms with Gasteiger partial charge in [0.05, 0.1) is 38.7 Å². The number of hydrogen-bond acceptors (Lipinski definition) is 12. The smallest absolute Gasteiger partial charge is 0.344 e. The Bertz CT molecular complexity index is 2670. The minimum absolute atomic E-state index is 0.183. The number of rotatable bonds is 9. The standard InChI is InChI=1S/C52H60N4O10/c1-7-48(61)26-32-27-51(46(59)64-5,42-35(17-21-54(28-32)29-48)36-23-34(15-16-39(36)53-42)33-13-10-9-11-14-33)38-24-37-40(25-41(38)63-4)56(30-57)44-50(37)19-22-55-20-12-18-49(8-2,43(50)55)45(66-31(3)58)52(44,62)47(60)65-6/h9-16,18,23-25,30,32,43-45,53,61-62H,7-8,17,19-22,26-29H2,1-6H3/t32-,43+,44-,45-,48?,49-,50-,51+,52+/m1/s1. The summed E-state index contributed by atoms with van der Waals surface area (Å²) in [4.78, 5) is 66.9. The van der Waals surface area contributed by atoms with Gasteiger partial charge >= 0.3 is 17.9 Å². The van der Waals surface area contributed by atoms with Gasteiger partial charge in [-0.2, -0.15) is 0 Å². The lowest BCUT2D eigenvalue weighted by molar-refractivity contribution is -0.228. The third kappa shape index (κ3) is 5.93. The first-order valence-electron chi connectivity index (χ1n) is 23.3. The van der Waals surface area contributed by atoms with Gasteiger partial charge in [0.25, 0.3) is 0 Å². The fourth-order valence-corrected chi connectivity index (χ4v) is 14.2. The maximum atomic E-state index is 15.6. The highest BCUT2D eigenvalue weighted by atomic mass is 16.6. The fraction of sp³-hybridized carbons (Fsp3) is 0.500. The lowest BCUT2D eigenvalue weighted by Crippen LogP contribution is -2.81. The Morgan fingerprint density at radius 2 is 1.67 bits per heavy atom. The number of amides is 1. The number of ether oxygens (including phenoxy) is 4. The molecule has 14 nitrogen and oxygen atoms in total. The van der Waals surface area contributed by atoms with Crippen LogP contribution in [0.15, 0.2) is 72.8 Å². The molecule has 1 amide bonds. The van der Waals surface area contributed by atoms with E-state index in [1.165, 1.54) is 33.2 Å². The Labute approximate surface area is 384 Å². The molecule has 6 heterocycles.